The number of nitrogens with zero attached hydrogens (tertiary/aromatic N) is 2. The first-order valence-electron chi connectivity index (χ1n) is 19.2. The van der Waals surface area contributed by atoms with Gasteiger partial charge < -0.3 is 5.53 Å². The van der Waals surface area contributed by atoms with Gasteiger partial charge in [0.1, 0.15) is 0 Å². The number of hydrogen-bond acceptors (Lipinski definition) is 0. The molecule has 0 saturated heterocycles. The Labute approximate surface area is 278 Å². The van der Waals surface area contributed by atoms with Crippen molar-refractivity contribution in [3.63, 3.8) is 0 Å². The predicted octanol–water partition coefficient (Wildman–Crippen LogP) is 13.8. The molecular formula is C43H66N2. The number of hydrogen-bond donors (Lipinski definition) is 0. The molecule has 0 unspecified atom stereocenters. The van der Waals surface area contributed by atoms with E-state index in [-0.39, 0.29) is 0 Å². The fraction of sp³-hybridized carbons (Fsp3) is 0.628. The Kier molecular flexibility index (Phi) is 16.9. The highest BCUT2D eigenvalue weighted by Gasteiger charge is 2.35. The molecule has 0 spiro atoms. The Morgan fingerprint density at radius 1 is 0.378 bits per heavy atom. The lowest BCUT2D eigenvalue weighted by Crippen LogP contribution is -2.05. The van der Waals surface area contributed by atoms with Crippen molar-refractivity contribution in [2.45, 2.75) is 176 Å². The van der Waals surface area contributed by atoms with E-state index in [0.29, 0.717) is 0 Å². The van der Waals surface area contributed by atoms with Gasteiger partial charge in [0.2, 0.25) is 11.4 Å². The summed E-state index contributed by atoms with van der Waals surface area (Å²) < 4.78 is 1.65. The molecule has 2 nitrogen and oxygen atoms in total. The molecule has 248 valence electrons. The standard InChI is InChI=1S/C43H66N2/c1-7-13-19-24-36-29-37(25-20-14-8-2)33-39(32-36)42-40(26-18-12-6)41(27-21-15-9-3)43(45(42)44)38-30-34(22-16-10-4)28-35(31-38)23-17-11-5/h28-33H,7-27H2,1-6H3. The topological polar surface area (TPSA) is 25.3 Å². The molecule has 2 aromatic rings. The molecule has 0 N–H and O–H groups in total. The number of unbranched alkanes of at least 4 members (excludes halogenated alkanes) is 9. The number of allylic oxidation sites excluding steroid dienone is 2. The second kappa shape index (κ2) is 20.6. The molecule has 0 amide bonds. The first kappa shape index (κ1) is 37.0. The molecule has 2 heteroatoms. The SMILES string of the molecule is CCCCCC1=C(c2cc(CCCC)cc(CCCC)c2)[N+](=[N-])C(c2cc(CCCCC)cc(CCCCC)c2)=C1CCCC. The quantitative estimate of drug-likeness (QED) is 0.0883. The van der Waals surface area contributed by atoms with Crippen molar-refractivity contribution in [2.75, 3.05) is 0 Å². The Balaban J connectivity index is 2.20. The molecule has 1 aliphatic rings. The van der Waals surface area contributed by atoms with Gasteiger partial charge in [0.05, 0.1) is 0 Å². The molecule has 0 fully saturated rings. The van der Waals surface area contributed by atoms with Crippen LogP contribution in [-0.4, -0.2) is 4.70 Å². The van der Waals surface area contributed by atoms with Gasteiger partial charge in [0.25, 0.3) is 0 Å². The van der Waals surface area contributed by atoms with Crippen LogP contribution in [0, 0.1) is 0 Å². The lowest BCUT2D eigenvalue weighted by Gasteiger charge is -2.15. The molecule has 0 bridgehead atoms. The van der Waals surface area contributed by atoms with Crippen molar-refractivity contribution >= 4 is 11.4 Å². The fourth-order valence-electron chi connectivity index (χ4n) is 6.99. The van der Waals surface area contributed by atoms with Gasteiger partial charge >= 0.3 is 0 Å². The minimum atomic E-state index is 1.03. The van der Waals surface area contributed by atoms with Crippen molar-refractivity contribution in [3.8, 4) is 0 Å². The van der Waals surface area contributed by atoms with E-state index >= 15 is 0 Å². The van der Waals surface area contributed by atoms with E-state index in [2.05, 4.69) is 77.9 Å². The molecule has 0 aromatic heterocycles. The van der Waals surface area contributed by atoms with Gasteiger partial charge in [-0.05, 0) is 124 Å². The van der Waals surface area contributed by atoms with Crippen molar-refractivity contribution < 1.29 is 4.70 Å². The van der Waals surface area contributed by atoms with Gasteiger partial charge in [-0.3, -0.25) is 0 Å². The van der Waals surface area contributed by atoms with E-state index in [0.717, 1.165) is 62.8 Å². The highest BCUT2D eigenvalue weighted by molar-refractivity contribution is 5.82. The van der Waals surface area contributed by atoms with E-state index < -0.39 is 0 Å². The molecule has 0 saturated carbocycles. The van der Waals surface area contributed by atoms with Crippen LogP contribution in [0.15, 0.2) is 47.5 Å². The van der Waals surface area contributed by atoms with Crippen LogP contribution in [0.1, 0.15) is 184 Å². The predicted molar refractivity (Wildman–Crippen MR) is 198 cm³/mol. The van der Waals surface area contributed by atoms with Crippen LogP contribution in [0.2, 0.25) is 0 Å². The van der Waals surface area contributed by atoms with Gasteiger partial charge in [-0.15, -0.1) is 0 Å². The zero-order chi connectivity index (χ0) is 32.4. The van der Waals surface area contributed by atoms with Crippen LogP contribution in [0.25, 0.3) is 16.9 Å². The van der Waals surface area contributed by atoms with Crippen molar-refractivity contribution in [1.29, 1.82) is 0 Å². The number of rotatable bonds is 23. The van der Waals surface area contributed by atoms with E-state index in [1.807, 2.05) is 0 Å². The summed E-state index contributed by atoms with van der Waals surface area (Å²) in [7, 11) is 0. The zero-order valence-electron chi connectivity index (χ0n) is 30.2. The van der Waals surface area contributed by atoms with Crippen LogP contribution < -0.4 is 0 Å². The number of aryl methyl sites for hydroxylation is 4. The summed E-state index contributed by atoms with van der Waals surface area (Å²) in [5.74, 6) is 0. The third-order valence-electron chi connectivity index (χ3n) is 9.60. The summed E-state index contributed by atoms with van der Waals surface area (Å²) in [6.45, 7) is 13.7. The average Bonchev–Trinajstić information content (AvgIpc) is 3.32. The highest BCUT2D eigenvalue weighted by atomic mass is 15.2. The molecule has 2 aromatic carbocycles. The molecule has 0 aliphatic carbocycles. The monoisotopic (exact) mass is 611 g/mol. The van der Waals surface area contributed by atoms with Crippen LogP contribution in [0.4, 0.5) is 0 Å². The Morgan fingerprint density at radius 2 is 0.667 bits per heavy atom. The molecule has 0 atom stereocenters. The summed E-state index contributed by atoms with van der Waals surface area (Å²) >= 11 is 0. The zero-order valence-corrected chi connectivity index (χ0v) is 30.2. The fourth-order valence-corrected chi connectivity index (χ4v) is 6.99. The van der Waals surface area contributed by atoms with Crippen LogP contribution in [-0.2, 0) is 25.7 Å². The van der Waals surface area contributed by atoms with Gasteiger partial charge in [0, 0.05) is 22.3 Å². The third-order valence-corrected chi connectivity index (χ3v) is 9.60. The summed E-state index contributed by atoms with van der Waals surface area (Å²) in [4.78, 5) is 0. The Bertz CT molecular complexity index is 1210. The smallest absolute Gasteiger partial charge is 0.211 e. The Hall–Kier alpha value is -2.48. The average molecular weight is 611 g/mol. The molecule has 3 rings (SSSR count). The summed E-state index contributed by atoms with van der Waals surface area (Å²) in [6, 6.07) is 14.5. The minimum Gasteiger partial charge on any atom is -0.493 e. The maximum absolute atomic E-state index is 12.4. The van der Waals surface area contributed by atoms with Crippen LogP contribution in [0.3, 0.4) is 0 Å². The molecule has 1 heterocycles. The summed E-state index contributed by atoms with van der Waals surface area (Å²) in [5, 5.41) is 0. The normalized spacial score (nSPS) is 13.5. The third kappa shape index (κ3) is 11.1. The largest absolute Gasteiger partial charge is 0.493 e. The Morgan fingerprint density at radius 3 is 1.02 bits per heavy atom. The van der Waals surface area contributed by atoms with Gasteiger partial charge in [-0.2, -0.15) is 0 Å². The maximum Gasteiger partial charge on any atom is 0.211 e. The van der Waals surface area contributed by atoms with Crippen molar-refractivity contribution in [3.05, 3.63) is 86.5 Å². The molecular weight excluding hydrogens is 544 g/mol. The highest BCUT2D eigenvalue weighted by Crippen LogP contribution is 2.45. The van der Waals surface area contributed by atoms with Crippen molar-refractivity contribution in [1.82, 2.24) is 0 Å². The van der Waals surface area contributed by atoms with Crippen LogP contribution >= 0.6 is 0 Å². The molecule has 1 aliphatic heterocycles. The van der Waals surface area contributed by atoms with E-state index in [1.165, 1.54) is 128 Å². The van der Waals surface area contributed by atoms with Crippen molar-refractivity contribution in [2.24, 2.45) is 0 Å². The lowest BCUT2D eigenvalue weighted by molar-refractivity contribution is -0.345. The van der Waals surface area contributed by atoms with Gasteiger partial charge in [-0.25, -0.2) is 4.70 Å². The second-order valence-electron chi connectivity index (χ2n) is 13.7. The minimum absolute atomic E-state index is 1.03. The first-order chi connectivity index (χ1) is 22.0. The van der Waals surface area contributed by atoms with Gasteiger partial charge in [-0.1, -0.05) is 111 Å². The maximum atomic E-state index is 12.4. The lowest BCUT2D eigenvalue weighted by atomic mass is 9.90. The van der Waals surface area contributed by atoms with Crippen LogP contribution in [0.5, 0.6) is 0 Å². The summed E-state index contributed by atoms with van der Waals surface area (Å²) in [6.07, 6.45) is 24.7. The second-order valence-corrected chi connectivity index (χ2v) is 13.7. The first-order valence-corrected chi connectivity index (χ1v) is 19.2. The van der Waals surface area contributed by atoms with E-state index in [4.69, 9.17) is 0 Å². The number of benzene rings is 2. The molecule has 45 heavy (non-hydrogen) atoms. The summed E-state index contributed by atoms with van der Waals surface area (Å²) in [5.41, 5.74) is 25.5. The van der Waals surface area contributed by atoms with Gasteiger partial charge in [0.15, 0.2) is 0 Å². The van der Waals surface area contributed by atoms with E-state index in [9.17, 15) is 5.53 Å². The van der Waals surface area contributed by atoms with E-state index in [1.54, 1.807) is 4.70 Å². The molecule has 0 radical (unpaired) electrons.